The molecule has 8 aromatic carbocycles. The zero-order valence-electron chi connectivity index (χ0n) is 39.5. The molecule has 0 heterocycles. The molecule has 0 aromatic heterocycles. The lowest BCUT2D eigenvalue weighted by molar-refractivity contribution is 1.73. The quantitative estimate of drug-likeness (QED) is 0.125. The van der Waals surface area contributed by atoms with Crippen LogP contribution in [0.5, 0.6) is 0 Å². The summed E-state index contributed by atoms with van der Waals surface area (Å²) in [7, 11) is 45.2. The Hall–Kier alpha value is -3.97. The fourth-order valence-electron chi connectivity index (χ4n) is 11.3. The predicted octanol–water partition coefficient (Wildman–Crippen LogP) is -21.8. The van der Waals surface area contributed by atoms with Crippen LogP contribution in [0, 0.1) is 0 Å². The summed E-state index contributed by atoms with van der Waals surface area (Å²) in [5, 5.41) is 11.1. The van der Waals surface area contributed by atoms with Gasteiger partial charge in [0.25, 0.3) is 0 Å². The fraction of sp³-hybridized carbons (Fsp3) is 0. The van der Waals surface area contributed by atoms with Gasteiger partial charge >= 0.3 is 0 Å². The molecule has 0 aliphatic carbocycles. The Kier molecular flexibility index (Phi) is 10.3. The molecule has 0 fully saturated rings. The van der Waals surface area contributed by atoms with Crippen LogP contribution in [0.2, 0.25) is 0 Å². The highest BCUT2D eigenvalue weighted by Gasteiger charge is 2.30. The minimum atomic E-state index is 1.28. The van der Waals surface area contributed by atoms with Gasteiger partial charge in [-0.05, 0) is 76.5 Å². The van der Waals surface area contributed by atoms with Crippen molar-refractivity contribution in [2.24, 2.45) is 0 Å². The van der Waals surface area contributed by atoms with Gasteiger partial charge in [-0.15, -0.1) is 49.2 Å². The number of fused-ring (bicyclic) bond motifs is 4. The lowest BCUT2D eigenvalue weighted by Crippen LogP contribution is -2.55. The second-order valence-corrected chi connectivity index (χ2v) is 18.5. The first kappa shape index (κ1) is 41.8. The Labute approximate surface area is 369 Å². The Bertz CT molecular complexity index is 3150. The van der Waals surface area contributed by atoms with E-state index in [1.165, 1.54) is 180 Å². The number of hydrogen-bond donors (Lipinski definition) is 0. The molecule has 0 unspecified atom stereocenters. The Morgan fingerprint density at radius 2 is 0.475 bits per heavy atom. The summed E-state index contributed by atoms with van der Waals surface area (Å²) >= 11 is 0. The van der Waals surface area contributed by atoms with Crippen LogP contribution in [0.25, 0.3) is 76.5 Å². The van der Waals surface area contributed by atoms with Crippen LogP contribution in [0.15, 0.2) is 42.5 Å². The third-order valence-electron chi connectivity index (χ3n) is 16.4. The lowest BCUT2D eigenvalue weighted by atomic mass is 9.55. The molecule has 262 valence electrons. The summed E-state index contributed by atoms with van der Waals surface area (Å²) < 4.78 is 0. The molecule has 0 aliphatic rings. The highest BCUT2D eigenvalue weighted by molar-refractivity contribution is 6.75. The van der Waals surface area contributed by atoms with Gasteiger partial charge in [0.15, 0.2) is 0 Å². The van der Waals surface area contributed by atoms with Crippen molar-refractivity contribution < 1.29 is 0 Å². The molecule has 8 aromatic rings. The molecule has 19 heteroatoms. The summed E-state index contributed by atoms with van der Waals surface area (Å²) in [5.41, 5.74) is 34.9. The van der Waals surface area contributed by atoms with E-state index in [2.05, 4.69) is 192 Å². The fourth-order valence-corrected chi connectivity index (χ4v) is 11.3. The maximum Gasteiger partial charge on any atom is 0.139 e. The summed E-state index contributed by atoms with van der Waals surface area (Å²) in [5.74, 6) is 0. The van der Waals surface area contributed by atoms with Gasteiger partial charge in [-0.1, -0.05) is 97.1 Å². The van der Waals surface area contributed by atoms with E-state index in [9.17, 15) is 0 Å². The van der Waals surface area contributed by atoms with Gasteiger partial charge in [0.05, 0.1) is 0 Å². The van der Waals surface area contributed by atoms with E-state index >= 15 is 0 Å². The van der Waals surface area contributed by atoms with Crippen molar-refractivity contribution in [1.29, 1.82) is 0 Å². The standard InChI is InChI=1S/C40H45B19/c41-22-11(10-7-3-5-8-4-1-2-6-9(8)10)14-20(29(48)37(56)32(51)24(14)43)17(23(22)42)12-15-18(27(46)35(54)33(52)25(15)44)13(19-16(12)26(45)34(53)36(55)28(19)47)21-30(49)38(57)40(59)39(58)31(21)50/h1-7H,41-59H2. The molecule has 0 amide bonds. The SMILES string of the molecule is Bc1c(B)c(B)c(-c2c3c(B)c(B)c(B)c(B)c3c(-c3c(B)c(B)c(-c4cccc5ccccc45)c4c(B)c(B)c(B)c(B)c34)c3c(B)c(B)c(B)c(B)c23)c(B)c1B. The Balaban J connectivity index is 1.78. The maximum absolute atomic E-state index is 2.43. The van der Waals surface area contributed by atoms with Gasteiger partial charge in [-0.25, -0.2) is 0 Å². The first-order valence-corrected chi connectivity index (χ1v) is 21.8. The van der Waals surface area contributed by atoms with E-state index in [1.54, 1.807) is 0 Å². The van der Waals surface area contributed by atoms with Crippen LogP contribution in [0.4, 0.5) is 0 Å². The van der Waals surface area contributed by atoms with Crippen molar-refractivity contribution in [2.45, 2.75) is 0 Å². The average molecular weight is 731 g/mol. The van der Waals surface area contributed by atoms with Crippen LogP contribution in [0.1, 0.15) is 0 Å². The van der Waals surface area contributed by atoms with Crippen LogP contribution < -0.4 is 104 Å². The molecule has 0 spiro atoms. The smallest absolute Gasteiger partial charge is 0.102 e. The first-order chi connectivity index (χ1) is 27.8. The summed E-state index contributed by atoms with van der Waals surface area (Å²) in [6, 6.07) is 15.8. The highest BCUT2D eigenvalue weighted by Crippen LogP contribution is 2.42. The lowest BCUT2D eigenvalue weighted by Gasteiger charge is -2.32. The third kappa shape index (κ3) is 5.64. The van der Waals surface area contributed by atoms with E-state index in [0.29, 0.717) is 0 Å². The number of benzene rings is 8. The normalized spacial score (nSPS) is 11.7. The summed E-state index contributed by atoms with van der Waals surface area (Å²) in [6.07, 6.45) is 0. The predicted molar refractivity (Wildman–Crippen MR) is 328 cm³/mol. The highest BCUT2D eigenvalue weighted by atomic mass is 14.3. The molecule has 0 N–H and O–H groups in total. The summed E-state index contributed by atoms with van der Waals surface area (Å²) in [4.78, 5) is 0. The molecule has 0 bridgehead atoms. The van der Waals surface area contributed by atoms with Crippen molar-refractivity contribution in [3.8, 4) is 33.4 Å². The molecule has 0 saturated heterocycles. The van der Waals surface area contributed by atoms with E-state index in [-0.39, 0.29) is 0 Å². The molecule has 59 heavy (non-hydrogen) atoms. The number of rotatable bonds is 3. The first-order valence-electron chi connectivity index (χ1n) is 21.8. The van der Waals surface area contributed by atoms with Crippen LogP contribution >= 0.6 is 0 Å². The van der Waals surface area contributed by atoms with Gasteiger partial charge in [-0.3, -0.25) is 0 Å². The van der Waals surface area contributed by atoms with Gasteiger partial charge in [-0.2, -0.15) is 0 Å². The van der Waals surface area contributed by atoms with E-state index in [0.717, 1.165) is 0 Å². The molecular weight excluding hydrogens is 686 g/mol. The van der Waals surface area contributed by atoms with Gasteiger partial charge in [0.2, 0.25) is 0 Å². The number of hydrogen-bond acceptors (Lipinski definition) is 0. The van der Waals surface area contributed by atoms with E-state index < -0.39 is 0 Å². The minimum Gasteiger partial charge on any atom is -0.102 e. The maximum atomic E-state index is 2.43. The van der Waals surface area contributed by atoms with Crippen molar-refractivity contribution in [3.63, 3.8) is 0 Å². The Morgan fingerprint density at radius 1 is 0.203 bits per heavy atom. The molecule has 8 rings (SSSR count). The third-order valence-corrected chi connectivity index (χ3v) is 16.4. The van der Waals surface area contributed by atoms with Crippen molar-refractivity contribution in [1.82, 2.24) is 0 Å². The second-order valence-electron chi connectivity index (χ2n) is 18.5. The van der Waals surface area contributed by atoms with Crippen molar-refractivity contribution in [3.05, 3.63) is 42.5 Å². The zero-order chi connectivity index (χ0) is 43.0. The van der Waals surface area contributed by atoms with Crippen molar-refractivity contribution >= 4 is 296 Å². The second kappa shape index (κ2) is 14.6. The average Bonchev–Trinajstić information content (AvgIpc) is 3.23. The largest absolute Gasteiger partial charge is 0.139 e. The molecule has 0 aliphatic heterocycles. The minimum absolute atomic E-state index is 1.28. The topological polar surface area (TPSA) is 0 Å². The van der Waals surface area contributed by atoms with Crippen LogP contribution in [-0.4, -0.2) is 149 Å². The van der Waals surface area contributed by atoms with Crippen molar-refractivity contribution in [2.75, 3.05) is 0 Å². The van der Waals surface area contributed by atoms with Gasteiger partial charge in [0, 0.05) is 0 Å². The van der Waals surface area contributed by atoms with E-state index in [1.807, 2.05) is 0 Å². The molecule has 0 atom stereocenters. The van der Waals surface area contributed by atoms with Gasteiger partial charge < -0.3 is 0 Å². The summed E-state index contributed by atoms with van der Waals surface area (Å²) in [6.45, 7) is 0. The molecule has 0 nitrogen and oxygen atoms in total. The zero-order valence-corrected chi connectivity index (χ0v) is 39.5. The Morgan fingerprint density at radius 3 is 0.898 bits per heavy atom. The molecule has 0 radical (unpaired) electrons. The monoisotopic (exact) mass is 735 g/mol. The molecular formula is C40H45B19. The van der Waals surface area contributed by atoms with Crippen LogP contribution in [-0.2, 0) is 0 Å². The van der Waals surface area contributed by atoms with Gasteiger partial charge in [0.1, 0.15) is 149 Å². The van der Waals surface area contributed by atoms with E-state index in [4.69, 9.17) is 0 Å². The van der Waals surface area contributed by atoms with Crippen LogP contribution in [0.3, 0.4) is 0 Å². The molecule has 0 saturated carbocycles.